The van der Waals surface area contributed by atoms with Gasteiger partial charge in [-0.3, -0.25) is 4.79 Å². The van der Waals surface area contributed by atoms with Crippen molar-refractivity contribution in [3.63, 3.8) is 0 Å². The van der Waals surface area contributed by atoms with Crippen molar-refractivity contribution in [2.75, 3.05) is 0 Å². The lowest BCUT2D eigenvalue weighted by molar-refractivity contribution is -0.131. The van der Waals surface area contributed by atoms with Crippen molar-refractivity contribution in [3.8, 4) is 11.5 Å². The largest absolute Gasteiger partial charge is 0.489 e. The second kappa shape index (κ2) is 6.56. The van der Waals surface area contributed by atoms with Gasteiger partial charge in [-0.05, 0) is 40.3 Å². The average molecular weight is 368 g/mol. The van der Waals surface area contributed by atoms with Crippen LogP contribution in [0.2, 0.25) is 0 Å². The first kappa shape index (κ1) is 13.9. The van der Waals surface area contributed by atoms with Gasteiger partial charge >= 0.3 is 5.97 Å². The van der Waals surface area contributed by atoms with E-state index in [9.17, 15) is 4.79 Å². The Hall–Kier alpha value is -1.56. The molecule has 0 saturated heterocycles. The second-order valence-electron chi connectivity index (χ2n) is 3.99. The third-order valence-electron chi connectivity index (χ3n) is 2.35. The summed E-state index contributed by atoms with van der Waals surface area (Å²) in [5.41, 5.74) is 1.09. The maximum absolute atomic E-state index is 10.9. The summed E-state index contributed by atoms with van der Waals surface area (Å²) in [4.78, 5) is 10.9. The summed E-state index contributed by atoms with van der Waals surface area (Å²) >= 11 is 2.16. The van der Waals surface area contributed by atoms with Crippen LogP contribution in [0.5, 0.6) is 11.5 Å². The lowest BCUT2D eigenvalue weighted by Gasteiger charge is -2.09. The molecule has 0 amide bonds. The number of rotatable bonds is 4. The van der Waals surface area contributed by atoms with Crippen LogP contribution in [0.3, 0.4) is 0 Å². The molecule has 0 heterocycles. The van der Waals surface area contributed by atoms with Crippen molar-refractivity contribution in [2.45, 2.75) is 13.5 Å². The normalized spacial score (nSPS) is 10.0. The standard InChI is InChI=1S/C15H13IO3/c1-11(17)19-15-8-13(16)7-14(9-15)18-10-12-5-3-2-4-6-12/h2-9H,10H2,1H3. The van der Waals surface area contributed by atoms with E-state index in [0.717, 1.165) is 9.13 Å². The Kier molecular flexibility index (Phi) is 4.79. The molecule has 0 aliphatic heterocycles. The Labute approximate surface area is 125 Å². The molecule has 2 rings (SSSR count). The first-order valence-electron chi connectivity index (χ1n) is 5.79. The summed E-state index contributed by atoms with van der Waals surface area (Å²) in [6.07, 6.45) is 0. The summed E-state index contributed by atoms with van der Waals surface area (Å²) in [7, 11) is 0. The lowest BCUT2D eigenvalue weighted by Crippen LogP contribution is -2.02. The molecule has 0 unspecified atom stereocenters. The molecule has 0 aliphatic carbocycles. The van der Waals surface area contributed by atoms with Crippen LogP contribution in [-0.4, -0.2) is 5.97 Å². The predicted molar refractivity (Wildman–Crippen MR) is 81.2 cm³/mol. The Balaban J connectivity index is 2.07. The van der Waals surface area contributed by atoms with Crippen molar-refractivity contribution in [1.82, 2.24) is 0 Å². The monoisotopic (exact) mass is 368 g/mol. The minimum absolute atomic E-state index is 0.337. The molecule has 2 aromatic rings. The van der Waals surface area contributed by atoms with Gasteiger partial charge in [0.15, 0.2) is 0 Å². The maximum Gasteiger partial charge on any atom is 0.308 e. The van der Waals surface area contributed by atoms with E-state index in [2.05, 4.69) is 22.6 Å². The fourth-order valence-corrected chi connectivity index (χ4v) is 2.20. The molecular weight excluding hydrogens is 355 g/mol. The van der Waals surface area contributed by atoms with Crippen LogP contribution in [0.15, 0.2) is 48.5 Å². The molecule has 0 atom stereocenters. The molecule has 0 fully saturated rings. The summed E-state index contributed by atoms with van der Waals surface area (Å²) in [5, 5.41) is 0. The fraction of sp³-hybridized carbons (Fsp3) is 0.133. The van der Waals surface area contributed by atoms with E-state index in [1.54, 1.807) is 12.1 Å². The van der Waals surface area contributed by atoms with E-state index in [1.165, 1.54) is 6.92 Å². The van der Waals surface area contributed by atoms with Gasteiger partial charge in [-0.1, -0.05) is 30.3 Å². The van der Waals surface area contributed by atoms with Gasteiger partial charge in [0.25, 0.3) is 0 Å². The van der Waals surface area contributed by atoms with Gasteiger partial charge in [-0.25, -0.2) is 0 Å². The van der Waals surface area contributed by atoms with Crippen LogP contribution < -0.4 is 9.47 Å². The zero-order chi connectivity index (χ0) is 13.7. The van der Waals surface area contributed by atoms with E-state index in [4.69, 9.17) is 9.47 Å². The highest BCUT2D eigenvalue weighted by Gasteiger charge is 2.04. The molecule has 98 valence electrons. The highest BCUT2D eigenvalue weighted by Crippen LogP contribution is 2.25. The number of ether oxygens (including phenoxy) is 2. The second-order valence-corrected chi connectivity index (χ2v) is 5.24. The highest BCUT2D eigenvalue weighted by atomic mass is 127. The molecule has 0 saturated carbocycles. The molecule has 19 heavy (non-hydrogen) atoms. The van der Waals surface area contributed by atoms with Crippen molar-refractivity contribution in [3.05, 3.63) is 57.7 Å². The van der Waals surface area contributed by atoms with Crippen LogP contribution in [0.1, 0.15) is 12.5 Å². The van der Waals surface area contributed by atoms with Crippen molar-refractivity contribution in [1.29, 1.82) is 0 Å². The van der Waals surface area contributed by atoms with Gasteiger partial charge in [0.1, 0.15) is 18.1 Å². The Bertz CT molecular complexity index is 567. The van der Waals surface area contributed by atoms with Crippen LogP contribution in [0, 0.1) is 3.57 Å². The van der Waals surface area contributed by atoms with E-state index < -0.39 is 0 Å². The maximum atomic E-state index is 10.9. The van der Waals surface area contributed by atoms with Gasteiger partial charge in [-0.15, -0.1) is 0 Å². The fourth-order valence-electron chi connectivity index (χ4n) is 1.59. The molecule has 0 aliphatic rings. The molecule has 3 nitrogen and oxygen atoms in total. The number of hydrogen-bond acceptors (Lipinski definition) is 3. The third-order valence-corrected chi connectivity index (χ3v) is 2.98. The van der Waals surface area contributed by atoms with Crippen LogP contribution in [0.25, 0.3) is 0 Å². The lowest BCUT2D eigenvalue weighted by atomic mass is 10.2. The average Bonchev–Trinajstić information content (AvgIpc) is 2.36. The zero-order valence-electron chi connectivity index (χ0n) is 10.4. The van der Waals surface area contributed by atoms with Gasteiger partial charge in [0, 0.05) is 16.6 Å². The minimum Gasteiger partial charge on any atom is -0.489 e. The highest BCUT2D eigenvalue weighted by molar-refractivity contribution is 14.1. The Morgan fingerprint density at radius 1 is 1.11 bits per heavy atom. The van der Waals surface area contributed by atoms with Crippen molar-refractivity contribution in [2.24, 2.45) is 0 Å². The van der Waals surface area contributed by atoms with Crippen molar-refractivity contribution >= 4 is 28.6 Å². The van der Waals surface area contributed by atoms with E-state index >= 15 is 0 Å². The number of benzene rings is 2. The van der Waals surface area contributed by atoms with E-state index in [-0.39, 0.29) is 5.97 Å². The Morgan fingerprint density at radius 2 is 1.79 bits per heavy atom. The van der Waals surface area contributed by atoms with E-state index in [1.807, 2.05) is 36.4 Å². The van der Waals surface area contributed by atoms with Crippen LogP contribution >= 0.6 is 22.6 Å². The Morgan fingerprint density at radius 3 is 2.47 bits per heavy atom. The molecule has 0 aromatic heterocycles. The first-order chi connectivity index (χ1) is 9.13. The van der Waals surface area contributed by atoms with Crippen LogP contribution in [0.4, 0.5) is 0 Å². The molecule has 4 heteroatoms. The SMILES string of the molecule is CC(=O)Oc1cc(I)cc(OCc2ccccc2)c1. The summed E-state index contributed by atoms with van der Waals surface area (Å²) < 4.78 is 11.7. The topological polar surface area (TPSA) is 35.5 Å². The molecule has 0 radical (unpaired) electrons. The smallest absolute Gasteiger partial charge is 0.308 e. The molecule has 0 N–H and O–H groups in total. The number of carbonyl (C=O) groups is 1. The summed E-state index contributed by atoms with van der Waals surface area (Å²) in [5.74, 6) is 0.852. The van der Waals surface area contributed by atoms with Gasteiger partial charge in [0.05, 0.1) is 0 Å². The minimum atomic E-state index is -0.337. The summed E-state index contributed by atoms with van der Waals surface area (Å²) in [6, 6.07) is 15.3. The number of carbonyl (C=O) groups excluding carboxylic acids is 1. The van der Waals surface area contributed by atoms with Crippen LogP contribution in [-0.2, 0) is 11.4 Å². The first-order valence-corrected chi connectivity index (χ1v) is 6.87. The molecule has 0 spiro atoms. The number of halogens is 1. The zero-order valence-corrected chi connectivity index (χ0v) is 12.6. The number of esters is 1. The predicted octanol–water partition coefficient (Wildman–Crippen LogP) is 3.80. The summed E-state index contributed by atoms with van der Waals surface area (Å²) in [6.45, 7) is 1.87. The molecular formula is C15H13IO3. The van der Waals surface area contributed by atoms with E-state index in [0.29, 0.717) is 18.1 Å². The quantitative estimate of drug-likeness (QED) is 0.468. The molecule has 0 bridgehead atoms. The third kappa shape index (κ3) is 4.55. The number of hydrogen-bond donors (Lipinski definition) is 0. The van der Waals surface area contributed by atoms with Gasteiger partial charge in [-0.2, -0.15) is 0 Å². The van der Waals surface area contributed by atoms with Gasteiger partial charge < -0.3 is 9.47 Å². The van der Waals surface area contributed by atoms with Crippen molar-refractivity contribution < 1.29 is 14.3 Å². The molecule has 2 aromatic carbocycles. The van der Waals surface area contributed by atoms with Gasteiger partial charge in [0.2, 0.25) is 0 Å².